The Bertz CT molecular complexity index is 1000. The van der Waals surface area contributed by atoms with Crippen LogP contribution in [0, 0.1) is 0 Å². The van der Waals surface area contributed by atoms with Crippen molar-refractivity contribution in [2.24, 2.45) is 0 Å². The van der Waals surface area contributed by atoms with E-state index in [-0.39, 0.29) is 5.91 Å². The fraction of sp³-hybridized carbons (Fsp3) is 0.0588. The van der Waals surface area contributed by atoms with E-state index in [0.717, 1.165) is 11.1 Å². The molecule has 24 heavy (non-hydrogen) atoms. The Kier molecular flexibility index (Phi) is 3.59. The van der Waals surface area contributed by atoms with Crippen molar-refractivity contribution >= 4 is 34.4 Å². The molecule has 0 unspecified atom stereocenters. The second-order valence-electron chi connectivity index (χ2n) is 5.22. The van der Waals surface area contributed by atoms with E-state index in [4.69, 9.17) is 20.5 Å². The lowest BCUT2D eigenvalue weighted by molar-refractivity contribution is 0.101. The van der Waals surface area contributed by atoms with Gasteiger partial charge in [0.2, 0.25) is 0 Å². The maximum Gasteiger partial charge on any atom is 0.273 e. The van der Waals surface area contributed by atoms with Crippen molar-refractivity contribution in [3.8, 4) is 0 Å². The fourth-order valence-corrected chi connectivity index (χ4v) is 2.79. The number of anilines is 1. The first-order valence-electron chi connectivity index (χ1n) is 7.24. The lowest BCUT2D eigenvalue weighted by Crippen LogP contribution is -2.17. The van der Waals surface area contributed by atoms with Crippen molar-refractivity contribution in [3.05, 3.63) is 71.3 Å². The number of rotatable bonds is 4. The van der Waals surface area contributed by atoms with Crippen LogP contribution in [0.15, 0.2) is 63.9 Å². The van der Waals surface area contributed by atoms with Gasteiger partial charge in [0.25, 0.3) is 5.91 Å². The Morgan fingerprint density at radius 3 is 2.88 bits per heavy atom. The second kappa shape index (κ2) is 5.90. The minimum atomic E-state index is -0.303. The number of furan rings is 1. The van der Waals surface area contributed by atoms with Crippen LogP contribution in [0.4, 0.5) is 5.82 Å². The lowest BCUT2D eigenvalue weighted by atomic mass is 10.2. The Labute approximate surface area is 141 Å². The van der Waals surface area contributed by atoms with E-state index >= 15 is 0 Å². The molecule has 3 heterocycles. The summed E-state index contributed by atoms with van der Waals surface area (Å²) in [5, 5.41) is 7.02. The highest BCUT2D eigenvalue weighted by atomic mass is 35.5. The highest BCUT2D eigenvalue weighted by molar-refractivity contribution is 6.31. The van der Waals surface area contributed by atoms with Gasteiger partial charge in [0.15, 0.2) is 11.4 Å². The molecule has 4 rings (SSSR count). The summed E-state index contributed by atoms with van der Waals surface area (Å²) >= 11 is 6.25. The lowest BCUT2D eigenvalue weighted by Gasteiger charge is -2.11. The molecule has 0 aliphatic heterocycles. The first-order valence-corrected chi connectivity index (χ1v) is 7.62. The number of nitrogens with one attached hydrogen (secondary N) is 1. The van der Waals surface area contributed by atoms with Gasteiger partial charge in [0.1, 0.15) is 12.0 Å². The van der Waals surface area contributed by atoms with Crippen molar-refractivity contribution < 1.29 is 13.7 Å². The molecule has 0 saturated carbocycles. The number of halogens is 1. The van der Waals surface area contributed by atoms with E-state index < -0.39 is 0 Å². The van der Waals surface area contributed by atoms with Crippen LogP contribution < -0.4 is 5.32 Å². The van der Waals surface area contributed by atoms with Crippen LogP contribution in [0.3, 0.4) is 0 Å². The van der Waals surface area contributed by atoms with Gasteiger partial charge < -0.3 is 18.8 Å². The van der Waals surface area contributed by atoms with E-state index in [1.165, 1.54) is 6.26 Å². The van der Waals surface area contributed by atoms with Crippen LogP contribution in [0.5, 0.6) is 0 Å². The summed E-state index contributed by atoms with van der Waals surface area (Å²) in [7, 11) is 0. The average molecular weight is 342 g/mol. The molecule has 120 valence electrons. The standard InChI is InChI=1S/C17H12ClN3O3/c18-12-4-2-1-3-11(12)10-21-13-5-7-23-15(13)9-14(21)17(22)19-16-6-8-24-20-16/h1-9H,10H2,(H,19,20,22). The summed E-state index contributed by atoms with van der Waals surface area (Å²) in [5.74, 6) is 0.0458. The average Bonchev–Trinajstić information content (AvgIpc) is 3.28. The summed E-state index contributed by atoms with van der Waals surface area (Å²) in [6, 6.07) is 12.6. The Morgan fingerprint density at radius 1 is 1.21 bits per heavy atom. The molecule has 1 amide bonds. The Hall–Kier alpha value is -2.99. The zero-order valence-corrected chi connectivity index (χ0v) is 13.2. The topological polar surface area (TPSA) is 73.2 Å². The molecule has 4 aromatic rings. The molecule has 6 nitrogen and oxygen atoms in total. The maximum atomic E-state index is 12.6. The number of hydrogen-bond acceptors (Lipinski definition) is 4. The number of fused-ring (bicyclic) bond motifs is 1. The number of nitrogens with zero attached hydrogens (tertiary/aromatic N) is 2. The van der Waals surface area contributed by atoms with E-state index in [2.05, 4.69) is 10.5 Å². The van der Waals surface area contributed by atoms with Crippen molar-refractivity contribution in [1.29, 1.82) is 0 Å². The molecule has 0 aliphatic carbocycles. The number of amides is 1. The van der Waals surface area contributed by atoms with Crippen LogP contribution in [0.25, 0.3) is 11.1 Å². The Morgan fingerprint density at radius 2 is 2.08 bits per heavy atom. The summed E-state index contributed by atoms with van der Waals surface area (Å²) < 4.78 is 12.0. The molecule has 3 aromatic heterocycles. The maximum absolute atomic E-state index is 12.6. The van der Waals surface area contributed by atoms with E-state index in [9.17, 15) is 4.79 Å². The van der Waals surface area contributed by atoms with Crippen LogP contribution in [-0.4, -0.2) is 15.6 Å². The fourth-order valence-electron chi connectivity index (χ4n) is 2.59. The molecule has 7 heteroatoms. The van der Waals surface area contributed by atoms with Gasteiger partial charge in [-0.25, -0.2) is 0 Å². The quantitative estimate of drug-likeness (QED) is 0.604. The zero-order valence-electron chi connectivity index (χ0n) is 12.4. The highest BCUT2D eigenvalue weighted by Gasteiger charge is 2.19. The van der Waals surface area contributed by atoms with E-state index in [1.54, 1.807) is 18.4 Å². The van der Waals surface area contributed by atoms with E-state index in [0.29, 0.717) is 28.7 Å². The number of benzene rings is 1. The van der Waals surface area contributed by atoms with Gasteiger partial charge in [-0.15, -0.1) is 0 Å². The van der Waals surface area contributed by atoms with Gasteiger partial charge in [-0.3, -0.25) is 4.79 Å². The second-order valence-corrected chi connectivity index (χ2v) is 5.62. The number of carbonyl (C=O) groups excluding carboxylic acids is 1. The summed E-state index contributed by atoms with van der Waals surface area (Å²) in [5.41, 5.74) is 2.81. The third kappa shape index (κ3) is 2.57. The SMILES string of the molecule is O=C(Nc1ccon1)c1cc2occc2n1Cc1ccccc1Cl. The van der Waals surface area contributed by atoms with Crippen LogP contribution >= 0.6 is 11.6 Å². The number of hydrogen-bond donors (Lipinski definition) is 1. The molecule has 1 aromatic carbocycles. The molecule has 0 fully saturated rings. The van der Waals surface area contributed by atoms with E-state index in [1.807, 2.05) is 34.9 Å². The molecule has 0 bridgehead atoms. The smallest absolute Gasteiger partial charge is 0.273 e. The molecule has 1 N–H and O–H groups in total. The summed E-state index contributed by atoms with van der Waals surface area (Å²) in [6.07, 6.45) is 2.98. The van der Waals surface area contributed by atoms with Crippen molar-refractivity contribution in [2.45, 2.75) is 6.54 Å². The number of carbonyl (C=O) groups is 1. The first-order chi connectivity index (χ1) is 11.7. The van der Waals surface area contributed by atoms with Crippen LogP contribution in [-0.2, 0) is 6.54 Å². The molecule has 0 aliphatic rings. The minimum Gasteiger partial charge on any atom is -0.463 e. The molecule has 0 spiro atoms. The van der Waals surface area contributed by atoms with Crippen molar-refractivity contribution in [1.82, 2.24) is 9.72 Å². The molecule has 0 saturated heterocycles. The van der Waals surface area contributed by atoms with Crippen LogP contribution in [0.2, 0.25) is 5.02 Å². The van der Waals surface area contributed by atoms with Crippen molar-refractivity contribution in [3.63, 3.8) is 0 Å². The monoisotopic (exact) mass is 341 g/mol. The third-order valence-electron chi connectivity index (χ3n) is 3.72. The van der Waals surface area contributed by atoms with Crippen molar-refractivity contribution in [2.75, 3.05) is 5.32 Å². The molecular formula is C17H12ClN3O3. The van der Waals surface area contributed by atoms with Gasteiger partial charge >= 0.3 is 0 Å². The molecule has 0 radical (unpaired) electrons. The van der Waals surface area contributed by atoms with Gasteiger partial charge in [-0.2, -0.15) is 0 Å². The van der Waals surface area contributed by atoms with Gasteiger partial charge in [0.05, 0.1) is 11.8 Å². The zero-order chi connectivity index (χ0) is 16.5. The predicted molar refractivity (Wildman–Crippen MR) is 89.2 cm³/mol. The summed E-state index contributed by atoms with van der Waals surface area (Å²) in [4.78, 5) is 12.6. The Balaban J connectivity index is 1.74. The van der Waals surface area contributed by atoms with Crippen LogP contribution in [0.1, 0.15) is 16.1 Å². The number of aromatic nitrogens is 2. The first kappa shape index (κ1) is 14.6. The third-order valence-corrected chi connectivity index (χ3v) is 4.09. The largest absolute Gasteiger partial charge is 0.463 e. The highest BCUT2D eigenvalue weighted by Crippen LogP contribution is 2.25. The predicted octanol–water partition coefficient (Wildman–Crippen LogP) is 4.18. The molecule has 0 atom stereocenters. The van der Waals surface area contributed by atoms with Gasteiger partial charge in [-0.05, 0) is 11.6 Å². The van der Waals surface area contributed by atoms with Gasteiger partial charge in [0, 0.05) is 29.8 Å². The minimum absolute atomic E-state index is 0.303. The summed E-state index contributed by atoms with van der Waals surface area (Å²) in [6.45, 7) is 0.449. The molecular weight excluding hydrogens is 330 g/mol. The normalized spacial score (nSPS) is 11.0. The van der Waals surface area contributed by atoms with Gasteiger partial charge in [-0.1, -0.05) is 35.0 Å².